The minimum atomic E-state index is 0.153. The summed E-state index contributed by atoms with van der Waals surface area (Å²) in [7, 11) is 0. The molecule has 1 saturated carbocycles. The van der Waals surface area contributed by atoms with E-state index in [1.54, 1.807) is 0 Å². The molecule has 0 spiro atoms. The molecule has 3 rings (SSSR count). The average Bonchev–Trinajstić information content (AvgIpc) is 3.20. The Balaban J connectivity index is 1.55. The topological polar surface area (TPSA) is 46.1 Å². The molecule has 1 aromatic heterocycles. The molecule has 21 heavy (non-hydrogen) atoms. The fourth-order valence-electron chi connectivity index (χ4n) is 3.05. The number of Topliss-reactive ketones (excluding diaryl/α,β-unsaturated/α-hetero) is 1. The first-order valence-corrected chi connectivity index (χ1v) is 8.14. The molecule has 1 unspecified atom stereocenters. The van der Waals surface area contributed by atoms with E-state index in [1.807, 2.05) is 12.3 Å². The molecule has 0 N–H and O–H groups in total. The molecule has 1 atom stereocenters. The third-order valence-corrected chi connectivity index (χ3v) is 4.99. The zero-order valence-corrected chi connectivity index (χ0v) is 13.2. The minimum Gasteiger partial charge on any atom is -0.300 e. The maximum Gasteiger partial charge on any atom is 0.183 e. The second kappa shape index (κ2) is 5.84. The number of hydrogen-bond donors (Lipinski definition) is 0. The molecule has 1 saturated heterocycles. The lowest BCUT2D eigenvalue weighted by Gasteiger charge is -2.44. The van der Waals surface area contributed by atoms with Crippen LogP contribution in [0.15, 0.2) is 12.3 Å². The standard InChI is InChI=1S/C17H25N3O/c1-11(2)20-9-15(10-20)12(3)6-17(21)16-7-14(8-18-19-16)13-4-5-13/h7-8,11-13,15H,4-6,9-10H2,1-3H3. The molecule has 114 valence electrons. The highest BCUT2D eigenvalue weighted by molar-refractivity contribution is 5.94. The lowest BCUT2D eigenvalue weighted by Crippen LogP contribution is -2.52. The summed E-state index contributed by atoms with van der Waals surface area (Å²) in [4.78, 5) is 14.9. The molecule has 2 fully saturated rings. The SMILES string of the molecule is CC(CC(=O)c1cc(C2CC2)cnn1)C1CN(C(C)C)C1. The highest BCUT2D eigenvalue weighted by Crippen LogP contribution is 2.39. The third kappa shape index (κ3) is 3.31. The van der Waals surface area contributed by atoms with Crippen molar-refractivity contribution in [3.05, 3.63) is 23.5 Å². The van der Waals surface area contributed by atoms with Gasteiger partial charge in [0, 0.05) is 25.6 Å². The van der Waals surface area contributed by atoms with Crippen LogP contribution in [0, 0.1) is 11.8 Å². The van der Waals surface area contributed by atoms with Gasteiger partial charge in [-0.25, -0.2) is 0 Å². The zero-order valence-electron chi connectivity index (χ0n) is 13.2. The quantitative estimate of drug-likeness (QED) is 0.755. The maximum atomic E-state index is 12.4. The van der Waals surface area contributed by atoms with Gasteiger partial charge >= 0.3 is 0 Å². The van der Waals surface area contributed by atoms with Crippen molar-refractivity contribution in [2.45, 2.75) is 52.0 Å². The Morgan fingerprint density at radius 1 is 1.33 bits per heavy atom. The number of rotatable bonds is 6. The lowest BCUT2D eigenvalue weighted by atomic mass is 9.83. The van der Waals surface area contributed by atoms with Crippen molar-refractivity contribution in [1.29, 1.82) is 0 Å². The zero-order chi connectivity index (χ0) is 15.0. The normalized spacial score (nSPS) is 21.3. The molecule has 0 amide bonds. The fourth-order valence-corrected chi connectivity index (χ4v) is 3.05. The van der Waals surface area contributed by atoms with Crippen LogP contribution in [0.3, 0.4) is 0 Å². The summed E-state index contributed by atoms with van der Waals surface area (Å²) in [6, 6.07) is 2.58. The van der Waals surface area contributed by atoms with E-state index >= 15 is 0 Å². The van der Waals surface area contributed by atoms with Gasteiger partial charge in [-0.2, -0.15) is 5.10 Å². The van der Waals surface area contributed by atoms with Crippen molar-refractivity contribution in [1.82, 2.24) is 15.1 Å². The van der Waals surface area contributed by atoms with E-state index in [0.29, 0.717) is 35.9 Å². The fraction of sp³-hybridized carbons (Fsp3) is 0.706. The first-order chi connectivity index (χ1) is 10.0. The highest BCUT2D eigenvalue weighted by atomic mass is 16.1. The molecule has 0 aromatic carbocycles. The van der Waals surface area contributed by atoms with Gasteiger partial charge < -0.3 is 4.90 Å². The van der Waals surface area contributed by atoms with E-state index in [1.165, 1.54) is 18.4 Å². The third-order valence-electron chi connectivity index (χ3n) is 4.99. The smallest absolute Gasteiger partial charge is 0.183 e. The van der Waals surface area contributed by atoms with Crippen LogP contribution in [0.5, 0.6) is 0 Å². The number of ketones is 1. The molecule has 4 nitrogen and oxygen atoms in total. The van der Waals surface area contributed by atoms with Crippen molar-refractivity contribution in [3.8, 4) is 0 Å². The van der Waals surface area contributed by atoms with E-state index in [4.69, 9.17) is 0 Å². The summed E-state index contributed by atoms with van der Waals surface area (Å²) in [6.45, 7) is 8.90. The van der Waals surface area contributed by atoms with Crippen molar-refractivity contribution in [2.75, 3.05) is 13.1 Å². The van der Waals surface area contributed by atoms with Gasteiger partial charge in [0.05, 0.1) is 6.20 Å². The number of hydrogen-bond acceptors (Lipinski definition) is 4. The van der Waals surface area contributed by atoms with Crippen LogP contribution < -0.4 is 0 Å². The van der Waals surface area contributed by atoms with E-state index in [0.717, 1.165) is 13.1 Å². The summed E-state index contributed by atoms with van der Waals surface area (Å²) in [5.41, 5.74) is 1.75. The predicted molar refractivity (Wildman–Crippen MR) is 82.3 cm³/mol. The van der Waals surface area contributed by atoms with Gasteiger partial charge in [-0.05, 0) is 56.1 Å². The summed E-state index contributed by atoms with van der Waals surface area (Å²) < 4.78 is 0. The predicted octanol–water partition coefficient (Wildman–Crippen LogP) is 2.90. The van der Waals surface area contributed by atoms with Gasteiger partial charge in [-0.15, -0.1) is 5.10 Å². The largest absolute Gasteiger partial charge is 0.300 e. The minimum absolute atomic E-state index is 0.153. The molecule has 1 aliphatic heterocycles. The lowest BCUT2D eigenvalue weighted by molar-refractivity contribution is 0.0331. The van der Waals surface area contributed by atoms with Gasteiger partial charge in [0.2, 0.25) is 0 Å². The van der Waals surface area contributed by atoms with E-state index in [2.05, 4.69) is 35.9 Å². The van der Waals surface area contributed by atoms with Gasteiger partial charge in [0.1, 0.15) is 5.69 Å². The summed E-state index contributed by atoms with van der Waals surface area (Å²) >= 11 is 0. The maximum absolute atomic E-state index is 12.4. The average molecular weight is 287 g/mol. The molecule has 2 aliphatic rings. The first-order valence-electron chi connectivity index (χ1n) is 8.14. The van der Waals surface area contributed by atoms with Crippen LogP contribution in [0.2, 0.25) is 0 Å². The molecule has 0 bridgehead atoms. The van der Waals surface area contributed by atoms with Gasteiger partial charge in [-0.3, -0.25) is 4.79 Å². The highest BCUT2D eigenvalue weighted by Gasteiger charge is 2.33. The number of carbonyl (C=O) groups is 1. The monoisotopic (exact) mass is 287 g/mol. The van der Waals surface area contributed by atoms with Crippen molar-refractivity contribution < 1.29 is 4.79 Å². The van der Waals surface area contributed by atoms with Crippen LogP contribution >= 0.6 is 0 Å². The van der Waals surface area contributed by atoms with Crippen molar-refractivity contribution >= 4 is 5.78 Å². The van der Waals surface area contributed by atoms with Crippen molar-refractivity contribution in [3.63, 3.8) is 0 Å². The van der Waals surface area contributed by atoms with Crippen LogP contribution in [-0.4, -0.2) is 40.0 Å². The van der Waals surface area contributed by atoms with Crippen LogP contribution in [0.25, 0.3) is 0 Å². The Morgan fingerprint density at radius 3 is 2.67 bits per heavy atom. The van der Waals surface area contributed by atoms with Crippen LogP contribution in [0.4, 0.5) is 0 Å². The summed E-state index contributed by atoms with van der Waals surface area (Å²) in [5.74, 6) is 1.85. The summed E-state index contributed by atoms with van der Waals surface area (Å²) in [5, 5.41) is 8.05. The van der Waals surface area contributed by atoms with Crippen molar-refractivity contribution in [2.24, 2.45) is 11.8 Å². The van der Waals surface area contributed by atoms with Crippen LogP contribution in [0.1, 0.15) is 62.0 Å². The molecule has 4 heteroatoms. The number of likely N-dealkylation sites (tertiary alicyclic amines) is 1. The summed E-state index contributed by atoms with van der Waals surface area (Å²) in [6.07, 6.45) is 4.86. The number of nitrogens with zero attached hydrogens (tertiary/aromatic N) is 3. The van der Waals surface area contributed by atoms with E-state index in [9.17, 15) is 4.79 Å². The van der Waals surface area contributed by atoms with Gasteiger partial charge in [-0.1, -0.05) is 6.92 Å². The van der Waals surface area contributed by atoms with E-state index in [-0.39, 0.29) is 5.78 Å². The van der Waals surface area contributed by atoms with Crippen LogP contribution in [-0.2, 0) is 0 Å². The Hall–Kier alpha value is -1.29. The Kier molecular flexibility index (Phi) is 4.07. The Morgan fingerprint density at radius 2 is 2.05 bits per heavy atom. The number of aromatic nitrogens is 2. The Bertz CT molecular complexity index is 519. The second-order valence-corrected chi connectivity index (χ2v) is 7.06. The molecular weight excluding hydrogens is 262 g/mol. The molecule has 1 aromatic rings. The first kappa shape index (κ1) is 14.6. The Labute approximate surface area is 126 Å². The van der Waals surface area contributed by atoms with Gasteiger partial charge in [0.15, 0.2) is 5.78 Å². The number of carbonyl (C=O) groups excluding carboxylic acids is 1. The molecular formula is C17H25N3O. The molecule has 0 radical (unpaired) electrons. The molecule has 2 heterocycles. The second-order valence-electron chi connectivity index (χ2n) is 7.06. The van der Waals surface area contributed by atoms with E-state index < -0.39 is 0 Å². The van der Waals surface area contributed by atoms with Gasteiger partial charge in [0.25, 0.3) is 0 Å². The molecule has 1 aliphatic carbocycles.